The fourth-order valence-corrected chi connectivity index (χ4v) is 2.83. The lowest BCUT2D eigenvalue weighted by Crippen LogP contribution is -2.39. The Labute approximate surface area is 99.2 Å². The van der Waals surface area contributed by atoms with Crippen LogP contribution in [0.1, 0.15) is 30.7 Å². The number of nitrogens with two attached hydrogens (primary N) is 1. The molecule has 1 heterocycles. The molecule has 2 rings (SSSR count). The monoisotopic (exact) mass is 271 g/mol. The van der Waals surface area contributed by atoms with Crippen molar-refractivity contribution in [1.29, 1.82) is 0 Å². The SMILES string of the molecule is Cc1nn(C)c(CC2(CN)CCC2)c1Br. The molecule has 15 heavy (non-hydrogen) atoms. The van der Waals surface area contributed by atoms with Crippen molar-refractivity contribution in [2.24, 2.45) is 18.2 Å². The number of hydrogen-bond donors (Lipinski definition) is 1. The van der Waals surface area contributed by atoms with Gasteiger partial charge in [-0.15, -0.1) is 0 Å². The van der Waals surface area contributed by atoms with Crippen LogP contribution in [-0.4, -0.2) is 16.3 Å². The van der Waals surface area contributed by atoms with E-state index in [-0.39, 0.29) is 0 Å². The molecule has 0 saturated heterocycles. The van der Waals surface area contributed by atoms with Gasteiger partial charge in [-0.05, 0) is 54.1 Å². The quantitative estimate of drug-likeness (QED) is 0.916. The first-order chi connectivity index (χ1) is 7.08. The molecule has 1 aliphatic carbocycles. The van der Waals surface area contributed by atoms with Crippen molar-refractivity contribution >= 4 is 15.9 Å². The Bertz CT molecular complexity index is 361. The average Bonchev–Trinajstić information content (AvgIpc) is 2.37. The van der Waals surface area contributed by atoms with E-state index in [0.29, 0.717) is 5.41 Å². The highest BCUT2D eigenvalue weighted by atomic mass is 79.9. The number of hydrogen-bond acceptors (Lipinski definition) is 2. The van der Waals surface area contributed by atoms with E-state index in [1.165, 1.54) is 25.0 Å². The first-order valence-electron chi connectivity index (χ1n) is 5.46. The van der Waals surface area contributed by atoms with Crippen LogP contribution in [0.15, 0.2) is 4.47 Å². The lowest BCUT2D eigenvalue weighted by atomic mass is 9.66. The molecule has 84 valence electrons. The van der Waals surface area contributed by atoms with E-state index in [2.05, 4.69) is 21.0 Å². The molecule has 0 unspecified atom stereocenters. The van der Waals surface area contributed by atoms with Gasteiger partial charge >= 0.3 is 0 Å². The molecule has 1 fully saturated rings. The highest BCUT2D eigenvalue weighted by Gasteiger charge is 2.37. The summed E-state index contributed by atoms with van der Waals surface area (Å²) in [4.78, 5) is 0. The van der Waals surface area contributed by atoms with Crippen LogP contribution in [0.4, 0.5) is 0 Å². The van der Waals surface area contributed by atoms with Crippen molar-refractivity contribution in [2.75, 3.05) is 6.54 Å². The summed E-state index contributed by atoms with van der Waals surface area (Å²) < 4.78 is 3.14. The zero-order chi connectivity index (χ0) is 11.1. The number of aromatic nitrogens is 2. The van der Waals surface area contributed by atoms with Crippen molar-refractivity contribution in [3.63, 3.8) is 0 Å². The molecular weight excluding hydrogens is 254 g/mol. The van der Waals surface area contributed by atoms with E-state index < -0.39 is 0 Å². The van der Waals surface area contributed by atoms with Gasteiger partial charge in [0, 0.05) is 7.05 Å². The molecule has 0 aliphatic heterocycles. The van der Waals surface area contributed by atoms with E-state index in [9.17, 15) is 0 Å². The molecule has 1 saturated carbocycles. The molecule has 0 atom stereocenters. The molecule has 0 bridgehead atoms. The second-order valence-electron chi connectivity index (χ2n) is 4.70. The van der Waals surface area contributed by atoms with Gasteiger partial charge in [-0.2, -0.15) is 5.10 Å². The van der Waals surface area contributed by atoms with Crippen molar-refractivity contribution in [3.05, 3.63) is 15.9 Å². The predicted molar refractivity (Wildman–Crippen MR) is 64.7 cm³/mol. The summed E-state index contributed by atoms with van der Waals surface area (Å²) in [6, 6.07) is 0. The number of rotatable bonds is 3. The van der Waals surface area contributed by atoms with Gasteiger partial charge in [0.2, 0.25) is 0 Å². The topological polar surface area (TPSA) is 43.8 Å². The number of aryl methyl sites for hydroxylation is 2. The molecule has 1 aliphatic rings. The van der Waals surface area contributed by atoms with Crippen molar-refractivity contribution in [1.82, 2.24) is 9.78 Å². The summed E-state index contributed by atoms with van der Waals surface area (Å²) in [5, 5.41) is 4.42. The summed E-state index contributed by atoms with van der Waals surface area (Å²) in [7, 11) is 2.01. The third-order valence-corrected chi connectivity index (χ3v) is 4.68. The molecule has 1 aromatic rings. The van der Waals surface area contributed by atoms with E-state index >= 15 is 0 Å². The van der Waals surface area contributed by atoms with Crippen LogP contribution in [-0.2, 0) is 13.5 Å². The van der Waals surface area contributed by atoms with Crippen LogP contribution in [0.5, 0.6) is 0 Å². The van der Waals surface area contributed by atoms with Gasteiger partial charge in [0.25, 0.3) is 0 Å². The highest BCUT2D eigenvalue weighted by Crippen LogP contribution is 2.43. The Balaban J connectivity index is 2.23. The Morgan fingerprint density at radius 2 is 2.20 bits per heavy atom. The molecule has 4 heteroatoms. The van der Waals surface area contributed by atoms with Crippen molar-refractivity contribution in [3.8, 4) is 0 Å². The number of nitrogens with zero attached hydrogens (tertiary/aromatic N) is 2. The minimum absolute atomic E-state index is 0.350. The van der Waals surface area contributed by atoms with Crippen LogP contribution in [0.25, 0.3) is 0 Å². The number of halogens is 1. The van der Waals surface area contributed by atoms with Gasteiger partial charge in [0.05, 0.1) is 15.9 Å². The maximum absolute atomic E-state index is 5.88. The normalized spacial score (nSPS) is 18.9. The zero-order valence-corrected chi connectivity index (χ0v) is 11.0. The minimum Gasteiger partial charge on any atom is -0.330 e. The average molecular weight is 272 g/mol. The molecule has 0 radical (unpaired) electrons. The predicted octanol–water partition coefficient (Wildman–Crippen LogP) is 2.16. The van der Waals surface area contributed by atoms with Crippen molar-refractivity contribution < 1.29 is 0 Å². The highest BCUT2D eigenvalue weighted by molar-refractivity contribution is 9.10. The van der Waals surface area contributed by atoms with Crippen molar-refractivity contribution in [2.45, 2.75) is 32.6 Å². The maximum atomic E-state index is 5.88. The van der Waals surface area contributed by atoms with Crippen LogP contribution < -0.4 is 5.73 Å². The summed E-state index contributed by atoms with van der Waals surface area (Å²) in [5.41, 5.74) is 8.59. The maximum Gasteiger partial charge on any atom is 0.0738 e. The molecule has 2 N–H and O–H groups in total. The largest absolute Gasteiger partial charge is 0.330 e. The van der Waals surface area contributed by atoms with Gasteiger partial charge in [-0.25, -0.2) is 0 Å². The van der Waals surface area contributed by atoms with Crippen LogP contribution >= 0.6 is 15.9 Å². The van der Waals surface area contributed by atoms with E-state index in [1.807, 2.05) is 18.7 Å². The molecule has 0 amide bonds. The van der Waals surface area contributed by atoms with E-state index in [4.69, 9.17) is 5.73 Å². The van der Waals surface area contributed by atoms with E-state index in [0.717, 1.165) is 23.1 Å². The molecule has 1 aromatic heterocycles. The van der Waals surface area contributed by atoms with Gasteiger partial charge in [-0.1, -0.05) is 6.42 Å². The van der Waals surface area contributed by atoms with Crippen LogP contribution in [0, 0.1) is 12.3 Å². The smallest absolute Gasteiger partial charge is 0.0738 e. The summed E-state index contributed by atoms with van der Waals surface area (Å²) in [5.74, 6) is 0. The third kappa shape index (κ3) is 1.85. The summed E-state index contributed by atoms with van der Waals surface area (Å²) >= 11 is 3.61. The Morgan fingerprint density at radius 1 is 1.53 bits per heavy atom. The molecule has 0 aromatic carbocycles. The third-order valence-electron chi connectivity index (χ3n) is 3.65. The Kier molecular flexibility index (Phi) is 2.90. The van der Waals surface area contributed by atoms with Gasteiger partial charge in [0.1, 0.15) is 0 Å². The van der Waals surface area contributed by atoms with Gasteiger partial charge in [-0.3, -0.25) is 4.68 Å². The van der Waals surface area contributed by atoms with E-state index in [1.54, 1.807) is 0 Å². The summed E-state index contributed by atoms with van der Waals surface area (Å²) in [6.07, 6.45) is 4.91. The second kappa shape index (κ2) is 3.91. The van der Waals surface area contributed by atoms with Crippen LogP contribution in [0.2, 0.25) is 0 Å². The van der Waals surface area contributed by atoms with Gasteiger partial charge < -0.3 is 5.73 Å². The van der Waals surface area contributed by atoms with Gasteiger partial charge in [0.15, 0.2) is 0 Å². The molecule has 0 spiro atoms. The first-order valence-corrected chi connectivity index (χ1v) is 6.25. The standard InChI is InChI=1S/C11H18BrN3/c1-8-10(12)9(15(2)14-8)6-11(7-13)4-3-5-11/h3-7,13H2,1-2H3. The fraction of sp³-hybridized carbons (Fsp3) is 0.727. The second-order valence-corrected chi connectivity index (χ2v) is 5.50. The minimum atomic E-state index is 0.350. The Hall–Kier alpha value is -0.350. The molecule has 3 nitrogen and oxygen atoms in total. The lowest BCUT2D eigenvalue weighted by Gasteiger charge is -2.41. The molecular formula is C11H18BrN3. The summed E-state index contributed by atoms with van der Waals surface area (Å²) in [6.45, 7) is 2.83. The first kappa shape index (κ1) is 11.1. The fourth-order valence-electron chi connectivity index (χ4n) is 2.36. The zero-order valence-electron chi connectivity index (χ0n) is 9.39. The van der Waals surface area contributed by atoms with Crippen LogP contribution in [0.3, 0.4) is 0 Å². The lowest BCUT2D eigenvalue weighted by molar-refractivity contribution is 0.141. The Morgan fingerprint density at radius 3 is 2.53 bits per heavy atom.